The first-order chi connectivity index (χ1) is 13.6. The fourth-order valence-electron chi connectivity index (χ4n) is 3.39. The number of amides is 1. The number of quaternary nitrogens is 1. The molecule has 1 heterocycles. The van der Waals surface area contributed by atoms with Crippen LogP contribution in [0.15, 0.2) is 42.5 Å². The van der Waals surface area contributed by atoms with Gasteiger partial charge in [-0.3, -0.25) is 4.79 Å². The van der Waals surface area contributed by atoms with Crippen LogP contribution in [0.25, 0.3) is 0 Å². The van der Waals surface area contributed by atoms with Gasteiger partial charge in [-0.15, -0.1) is 0 Å². The SMILES string of the molecule is COc1cc(C#N)c(NC(=O)C[NH+]2CCN(c3ccccc3)CC2)cc1OC. The second kappa shape index (κ2) is 9.11. The smallest absolute Gasteiger partial charge is 0.279 e. The van der Waals surface area contributed by atoms with Crippen LogP contribution in [-0.4, -0.2) is 52.9 Å². The number of nitriles is 1. The predicted octanol–water partition coefficient (Wildman–Crippen LogP) is 0.919. The maximum Gasteiger partial charge on any atom is 0.279 e. The average Bonchev–Trinajstić information content (AvgIpc) is 2.74. The number of carbonyl (C=O) groups excluding carboxylic acids is 1. The van der Waals surface area contributed by atoms with Crippen molar-refractivity contribution in [3.8, 4) is 17.6 Å². The van der Waals surface area contributed by atoms with Gasteiger partial charge in [-0.25, -0.2) is 0 Å². The molecule has 2 N–H and O–H groups in total. The van der Waals surface area contributed by atoms with Crippen molar-refractivity contribution in [2.75, 3.05) is 57.2 Å². The van der Waals surface area contributed by atoms with Crippen LogP contribution in [0.5, 0.6) is 11.5 Å². The summed E-state index contributed by atoms with van der Waals surface area (Å²) in [6.07, 6.45) is 0. The Kier molecular flexibility index (Phi) is 6.35. The number of piperazine rings is 1. The lowest BCUT2D eigenvalue weighted by Crippen LogP contribution is -3.15. The summed E-state index contributed by atoms with van der Waals surface area (Å²) in [6.45, 7) is 3.96. The number of benzene rings is 2. The molecule has 7 heteroatoms. The van der Waals surface area contributed by atoms with Crippen LogP contribution in [0.1, 0.15) is 5.56 Å². The number of anilines is 2. The molecule has 2 aromatic carbocycles. The first kappa shape index (κ1) is 19.5. The molecule has 7 nitrogen and oxygen atoms in total. The highest BCUT2D eigenvalue weighted by Crippen LogP contribution is 2.32. The average molecular weight is 381 g/mol. The minimum absolute atomic E-state index is 0.119. The van der Waals surface area contributed by atoms with Crippen LogP contribution >= 0.6 is 0 Å². The molecule has 0 spiro atoms. The molecule has 1 aliphatic rings. The van der Waals surface area contributed by atoms with E-state index in [1.165, 1.54) is 24.8 Å². The lowest BCUT2D eigenvalue weighted by molar-refractivity contribution is -0.892. The molecule has 0 aliphatic carbocycles. The van der Waals surface area contributed by atoms with E-state index in [0.29, 0.717) is 29.3 Å². The molecule has 1 fully saturated rings. The van der Waals surface area contributed by atoms with E-state index in [1.54, 1.807) is 12.1 Å². The van der Waals surface area contributed by atoms with E-state index in [0.717, 1.165) is 26.2 Å². The summed E-state index contributed by atoms with van der Waals surface area (Å²) in [5.41, 5.74) is 2.00. The van der Waals surface area contributed by atoms with Crippen molar-refractivity contribution in [3.05, 3.63) is 48.0 Å². The standard InChI is InChI=1S/C21H24N4O3/c1-27-19-12-16(14-22)18(13-20(19)28-2)23-21(26)15-24-8-10-25(11-9-24)17-6-4-3-5-7-17/h3-7,12-13H,8-11,15H2,1-2H3,(H,23,26)/p+1. The van der Waals surface area contributed by atoms with Gasteiger partial charge in [0.1, 0.15) is 6.07 Å². The molecule has 0 saturated carbocycles. The molecule has 28 heavy (non-hydrogen) atoms. The van der Waals surface area contributed by atoms with Crippen molar-refractivity contribution in [1.29, 1.82) is 5.26 Å². The van der Waals surface area contributed by atoms with Gasteiger partial charge < -0.3 is 24.6 Å². The van der Waals surface area contributed by atoms with Crippen molar-refractivity contribution >= 4 is 17.3 Å². The second-order valence-electron chi connectivity index (χ2n) is 6.66. The molecule has 2 aromatic rings. The predicted molar refractivity (Wildman–Crippen MR) is 107 cm³/mol. The lowest BCUT2D eigenvalue weighted by atomic mass is 10.1. The Labute approximate surface area is 165 Å². The van der Waals surface area contributed by atoms with Gasteiger partial charge >= 0.3 is 0 Å². The molecule has 0 radical (unpaired) electrons. The number of carbonyl (C=O) groups is 1. The van der Waals surface area contributed by atoms with Crippen LogP contribution in [0.4, 0.5) is 11.4 Å². The van der Waals surface area contributed by atoms with E-state index < -0.39 is 0 Å². The van der Waals surface area contributed by atoms with Gasteiger partial charge in [-0.2, -0.15) is 5.26 Å². The molecule has 1 amide bonds. The van der Waals surface area contributed by atoms with Crippen LogP contribution in [0, 0.1) is 11.3 Å². The lowest BCUT2D eigenvalue weighted by Gasteiger charge is -2.33. The first-order valence-corrected chi connectivity index (χ1v) is 9.24. The van der Waals surface area contributed by atoms with Gasteiger partial charge in [0, 0.05) is 17.8 Å². The van der Waals surface area contributed by atoms with Gasteiger partial charge in [0.15, 0.2) is 18.0 Å². The Morgan fingerprint density at radius 3 is 2.39 bits per heavy atom. The summed E-state index contributed by atoms with van der Waals surface area (Å²) in [5, 5.41) is 12.2. The minimum Gasteiger partial charge on any atom is -0.493 e. The monoisotopic (exact) mass is 381 g/mol. The Bertz CT molecular complexity index is 856. The summed E-state index contributed by atoms with van der Waals surface area (Å²) >= 11 is 0. The number of hydrogen-bond donors (Lipinski definition) is 2. The number of methoxy groups -OCH3 is 2. The Morgan fingerprint density at radius 2 is 1.79 bits per heavy atom. The molecule has 146 valence electrons. The summed E-state index contributed by atoms with van der Waals surface area (Å²) < 4.78 is 10.5. The van der Waals surface area contributed by atoms with Crippen molar-refractivity contribution in [3.63, 3.8) is 0 Å². The van der Waals surface area contributed by atoms with Crippen LogP contribution in [0.2, 0.25) is 0 Å². The highest BCUT2D eigenvalue weighted by atomic mass is 16.5. The van der Waals surface area contributed by atoms with Gasteiger partial charge in [0.2, 0.25) is 0 Å². The molecule has 1 aliphatic heterocycles. The zero-order valence-electron chi connectivity index (χ0n) is 16.2. The fourth-order valence-corrected chi connectivity index (χ4v) is 3.39. The summed E-state index contributed by atoms with van der Waals surface area (Å²) in [7, 11) is 3.03. The first-order valence-electron chi connectivity index (χ1n) is 9.24. The number of nitrogens with zero attached hydrogens (tertiary/aromatic N) is 2. The summed E-state index contributed by atoms with van der Waals surface area (Å²) in [5.74, 6) is 0.812. The molecular formula is C21H25N4O3+. The van der Waals surface area contributed by atoms with E-state index >= 15 is 0 Å². The summed E-state index contributed by atoms with van der Waals surface area (Å²) in [4.78, 5) is 16.1. The van der Waals surface area contributed by atoms with Crippen molar-refractivity contribution < 1.29 is 19.2 Å². The van der Waals surface area contributed by atoms with Gasteiger partial charge in [-0.1, -0.05) is 18.2 Å². The second-order valence-corrected chi connectivity index (χ2v) is 6.66. The normalized spacial score (nSPS) is 14.2. The van der Waals surface area contributed by atoms with E-state index in [1.807, 2.05) is 18.2 Å². The van der Waals surface area contributed by atoms with Crippen LogP contribution in [-0.2, 0) is 4.79 Å². The van der Waals surface area contributed by atoms with E-state index in [-0.39, 0.29) is 5.91 Å². The molecule has 0 unspecified atom stereocenters. The third-order valence-corrected chi connectivity index (χ3v) is 4.92. The third-order valence-electron chi connectivity index (χ3n) is 4.92. The van der Waals surface area contributed by atoms with Crippen molar-refractivity contribution in [2.24, 2.45) is 0 Å². The third kappa shape index (κ3) is 4.53. The Balaban J connectivity index is 1.59. The number of ether oxygens (including phenoxy) is 2. The zero-order chi connectivity index (χ0) is 19.9. The van der Waals surface area contributed by atoms with Gasteiger partial charge in [0.25, 0.3) is 5.91 Å². The van der Waals surface area contributed by atoms with E-state index in [2.05, 4.69) is 28.4 Å². The van der Waals surface area contributed by atoms with Crippen LogP contribution in [0.3, 0.4) is 0 Å². The molecule has 0 atom stereocenters. The maximum atomic E-state index is 12.5. The van der Waals surface area contributed by atoms with Gasteiger partial charge in [-0.05, 0) is 12.1 Å². The quantitative estimate of drug-likeness (QED) is 0.778. The number of rotatable bonds is 6. The number of nitrogens with one attached hydrogen (secondary N) is 2. The number of para-hydroxylation sites is 1. The highest BCUT2D eigenvalue weighted by Gasteiger charge is 2.23. The molecule has 0 aromatic heterocycles. The maximum absolute atomic E-state index is 12.5. The van der Waals surface area contributed by atoms with E-state index in [4.69, 9.17) is 9.47 Å². The van der Waals surface area contributed by atoms with Crippen molar-refractivity contribution in [1.82, 2.24) is 0 Å². The van der Waals surface area contributed by atoms with E-state index in [9.17, 15) is 10.1 Å². The minimum atomic E-state index is -0.119. The Morgan fingerprint density at radius 1 is 1.14 bits per heavy atom. The van der Waals surface area contributed by atoms with Crippen LogP contribution < -0.4 is 24.6 Å². The molecule has 0 bridgehead atoms. The molecular weight excluding hydrogens is 356 g/mol. The molecule has 3 rings (SSSR count). The zero-order valence-corrected chi connectivity index (χ0v) is 16.2. The van der Waals surface area contributed by atoms with Gasteiger partial charge in [0.05, 0.1) is 51.6 Å². The largest absolute Gasteiger partial charge is 0.493 e. The molecule has 1 saturated heterocycles. The fraction of sp³-hybridized carbons (Fsp3) is 0.333. The number of hydrogen-bond acceptors (Lipinski definition) is 5. The Hall–Kier alpha value is -3.24. The summed E-state index contributed by atoms with van der Waals surface area (Å²) in [6, 6.07) is 15.6. The highest BCUT2D eigenvalue weighted by molar-refractivity contribution is 5.93. The van der Waals surface area contributed by atoms with Crippen molar-refractivity contribution in [2.45, 2.75) is 0 Å². The topological polar surface area (TPSA) is 79.0 Å².